The Labute approximate surface area is 215 Å². The van der Waals surface area contributed by atoms with E-state index in [2.05, 4.69) is 25.7 Å². The van der Waals surface area contributed by atoms with Gasteiger partial charge in [-0.25, -0.2) is 9.69 Å². The molecule has 0 radical (unpaired) electrons. The van der Waals surface area contributed by atoms with Crippen molar-refractivity contribution >= 4 is 43.4 Å². The molecule has 0 fully saturated rings. The van der Waals surface area contributed by atoms with Gasteiger partial charge in [0.25, 0.3) is 26.1 Å². The number of para-hydroxylation sites is 1. The predicted molar refractivity (Wildman–Crippen MR) is 129 cm³/mol. The molecule has 0 saturated heterocycles. The zero-order chi connectivity index (χ0) is 27.4. The quantitative estimate of drug-likeness (QED) is 0.304. The number of nitrogens with one attached hydrogen (secondary N) is 1. The maximum Gasteiger partial charge on any atom is 0.296 e. The van der Waals surface area contributed by atoms with Crippen molar-refractivity contribution in [3.05, 3.63) is 59.8 Å². The van der Waals surface area contributed by atoms with Gasteiger partial charge < -0.3 is 5.32 Å². The molecule has 2 aliphatic rings. The maximum atomic E-state index is 12.6. The molecule has 3 heterocycles. The number of azo groups is 1. The number of nitrogens with zero attached hydrogens (tertiary/aromatic N) is 7. The van der Waals surface area contributed by atoms with E-state index in [0.29, 0.717) is 17.0 Å². The Kier molecular flexibility index (Phi) is 5.83. The van der Waals surface area contributed by atoms with Crippen LogP contribution in [0.15, 0.2) is 73.8 Å². The van der Waals surface area contributed by atoms with E-state index in [1.165, 1.54) is 0 Å². The fraction of sp³-hybridized carbons (Fsp3) is 0.143. The molecule has 0 saturated carbocycles. The van der Waals surface area contributed by atoms with Gasteiger partial charge >= 0.3 is 0 Å². The third-order valence-corrected chi connectivity index (χ3v) is 7.56. The van der Waals surface area contributed by atoms with Crippen molar-refractivity contribution in [2.75, 3.05) is 5.01 Å². The molecule has 0 spiro atoms. The Balaban J connectivity index is 1.60. The van der Waals surface area contributed by atoms with Gasteiger partial charge in [0.2, 0.25) is 0 Å². The first-order valence-corrected chi connectivity index (χ1v) is 13.5. The predicted octanol–water partition coefficient (Wildman–Crippen LogP) is 1.66. The fourth-order valence-corrected chi connectivity index (χ4v) is 5.22. The molecular formula is C21H16N8O7S2. The fourth-order valence-electron chi connectivity index (χ4n) is 4.07. The van der Waals surface area contributed by atoms with E-state index in [4.69, 9.17) is 0 Å². The van der Waals surface area contributed by atoms with E-state index in [1.54, 1.807) is 36.2 Å². The van der Waals surface area contributed by atoms with Crippen LogP contribution >= 0.6 is 0 Å². The topological polar surface area (TPSA) is 220 Å². The van der Waals surface area contributed by atoms with Gasteiger partial charge in [0, 0.05) is 0 Å². The van der Waals surface area contributed by atoms with Crippen molar-refractivity contribution in [3.8, 4) is 11.8 Å². The van der Waals surface area contributed by atoms with Crippen molar-refractivity contribution in [1.82, 2.24) is 15.1 Å². The van der Waals surface area contributed by atoms with Gasteiger partial charge in [-0.2, -0.15) is 37.4 Å². The normalized spacial score (nSPS) is 19.1. The van der Waals surface area contributed by atoms with Crippen molar-refractivity contribution in [1.29, 1.82) is 5.26 Å². The van der Waals surface area contributed by atoms with Crippen molar-refractivity contribution < 1.29 is 30.7 Å². The van der Waals surface area contributed by atoms with Crippen LogP contribution < -0.4 is 10.3 Å². The van der Waals surface area contributed by atoms with Crippen LogP contribution in [0.1, 0.15) is 22.8 Å². The van der Waals surface area contributed by atoms with E-state index in [0.717, 1.165) is 29.1 Å². The van der Waals surface area contributed by atoms with Gasteiger partial charge in [-0.1, -0.05) is 12.1 Å². The lowest BCUT2D eigenvalue weighted by atomic mass is 10.1. The Morgan fingerprint density at radius 3 is 2.50 bits per heavy atom. The molecule has 194 valence electrons. The molecule has 38 heavy (non-hydrogen) atoms. The minimum atomic E-state index is -4.91. The van der Waals surface area contributed by atoms with Crippen LogP contribution in [0.3, 0.4) is 0 Å². The number of aromatic nitrogens is 2. The van der Waals surface area contributed by atoms with E-state index in [-0.39, 0.29) is 17.3 Å². The lowest BCUT2D eigenvalue weighted by Gasteiger charge is -2.32. The summed E-state index contributed by atoms with van der Waals surface area (Å²) >= 11 is 0. The van der Waals surface area contributed by atoms with Crippen LogP contribution in [-0.2, 0) is 20.2 Å². The zero-order valence-electron chi connectivity index (χ0n) is 19.2. The lowest BCUT2D eigenvalue weighted by Crippen LogP contribution is -2.53. The highest BCUT2D eigenvalue weighted by molar-refractivity contribution is 7.86. The minimum Gasteiger partial charge on any atom is -0.328 e. The molecule has 2 atom stereocenters. The number of hydrogen-bond acceptors (Lipinski definition) is 11. The van der Waals surface area contributed by atoms with Crippen LogP contribution in [0.2, 0.25) is 0 Å². The average Bonchev–Trinajstić information content (AvgIpc) is 3.41. The second-order valence-corrected chi connectivity index (χ2v) is 11.0. The molecule has 3 aromatic rings. The van der Waals surface area contributed by atoms with Crippen LogP contribution in [-0.4, -0.2) is 59.5 Å². The molecule has 1 amide bonds. The maximum absolute atomic E-state index is 12.6. The number of amides is 1. The van der Waals surface area contributed by atoms with Crippen LogP contribution in [0.25, 0.3) is 5.69 Å². The molecule has 3 N–H and O–H groups in total. The molecule has 2 unspecified atom stereocenters. The van der Waals surface area contributed by atoms with Gasteiger partial charge in [0.1, 0.15) is 16.5 Å². The highest BCUT2D eigenvalue weighted by atomic mass is 32.2. The van der Waals surface area contributed by atoms with E-state index in [1.807, 2.05) is 6.07 Å². The summed E-state index contributed by atoms with van der Waals surface area (Å²) in [5.74, 6) is -0.659. The van der Waals surface area contributed by atoms with Crippen LogP contribution in [0, 0.1) is 11.3 Å². The van der Waals surface area contributed by atoms with Crippen molar-refractivity contribution in [2.24, 2.45) is 15.3 Å². The summed E-state index contributed by atoms with van der Waals surface area (Å²) in [4.78, 5) is 11.2. The summed E-state index contributed by atoms with van der Waals surface area (Å²) in [6, 6.07) is 10.1. The Bertz CT molecular complexity index is 1820. The molecule has 1 aromatic heterocycles. The largest absolute Gasteiger partial charge is 0.328 e. The SMILES string of the molecule is CC1=NN2c3ccccc3C(=O)NC2C1N=Nc1c(C#N)cnn1-c1cc(S(=O)(=O)O)ccc1S(=O)(=O)O. The van der Waals surface area contributed by atoms with Gasteiger partial charge in [0.15, 0.2) is 18.0 Å². The number of hydrogen-bond donors (Lipinski definition) is 3. The lowest BCUT2D eigenvalue weighted by molar-refractivity contribution is 0.0927. The third kappa shape index (κ3) is 4.20. The first-order chi connectivity index (χ1) is 17.9. The Hall–Kier alpha value is -4.50. The smallest absolute Gasteiger partial charge is 0.296 e. The second-order valence-electron chi connectivity index (χ2n) is 8.17. The van der Waals surface area contributed by atoms with Gasteiger partial charge in [-0.15, -0.1) is 5.11 Å². The first kappa shape index (κ1) is 25.2. The molecule has 0 bridgehead atoms. The molecule has 0 aliphatic carbocycles. The second kappa shape index (κ2) is 8.81. The Morgan fingerprint density at radius 1 is 1.08 bits per heavy atom. The van der Waals surface area contributed by atoms with Crippen molar-refractivity contribution in [2.45, 2.75) is 28.9 Å². The third-order valence-electron chi connectivity index (χ3n) is 5.81. The standard InChI is InChI=1S/C21H16N8O7S2/c1-11-18(20-24-21(30)14-4-2-3-5-15(14)29(20)27-11)25-26-19-12(9-22)10-23-28(19)16-8-13(37(31,32)33)6-7-17(16)38(34,35)36/h2-8,10,18,20H,1H3,(H,24,30)(H,31,32,33)(H,34,35,36). The summed E-state index contributed by atoms with van der Waals surface area (Å²) < 4.78 is 67.3. The van der Waals surface area contributed by atoms with Gasteiger partial charge in [-0.05, 0) is 37.3 Å². The Morgan fingerprint density at radius 2 is 1.82 bits per heavy atom. The summed E-state index contributed by atoms with van der Waals surface area (Å²) in [6.07, 6.45) is 0.280. The number of carbonyl (C=O) groups is 1. The van der Waals surface area contributed by atoms with E-state index in [9.17, 15) is 36.0 Å². The molecular weight excluding hydrogens is 540 g/mol. The molecule has 17 heteroatoms. The number of nitriles is 1. The van der Waals surface area contributed by atoms with Crippen LogP contribution in [0.5, 0.6) is 0 Å². The first-order valence-electron chi connectivity index (χ1n) is 10.6. The van der Waals surface area contributed by atoms with E-state index < -0.39 is 47.9 Å². The minimum absolute atomic E-state index is 0.172. The molecule has 2 aromatic carbocycles. The number of rotatable bonds is 5. The number of hydrazone groups is 1. The summed E-state index contributed by atoms with van der Waals surface area (Å²) in [7, 11) is -9.69. The summed E-state index contributed by atoms with van der Waals surface area (Å²) in [5, 5.41) is 30.7. The average molecular weight is 557 g/mol. The summed E-state index contributed by atoms with van der Waals surface area (Å²) in [6.45, 7) is 1.66. The van der Waals surface area contributed by atoms with Gasteiger partial charge in [0.05, 0.1) is 33.7 Å². The molecule has 2 aliphatic heterocycles. The van der Waals surface area contributed by atoms with Gasteiger partial charge in [-0.3, -0.25) is 13.9 Å². The zero-order valence-corrected chi connectivity index (χ0v) is 20.8. The molecule has 5 rings (SSSR count). The number of anilines is 1. The highest BCUT2D eigenvalue weighted by Crippen LogP contribution is 2.34. The highest BCUT2D eigenvalue weighted by Gasteiger charge is 2.42. The summed E-state index contributed by atoms with van der Waals surface area (Å²) in [5.41, 5.74) is 0.749. The van der Waals surface area contributed by atoms with E-state index >= 15 is 0 Å². The number of benzene rings is 2. The molecule has 15 nitrogen and oxygen atoms in total. The number of fused-ring (bicyclic) bond motifs is 3. The van der Waals surface area contributed by atoms with Crippen LogP contribution in [0.4, 0.5) is 11.5 Å². The van der Waals surface area contributed by atoms with Crippen molar-refractivity contribution in [3.63, 3.8) is 0 Å². The monoisotopic (exact) mass is 556 g/mol. The number of carbonyl (C=O) groups excluding carboxylic acids is 1.